The van der Waals surface area contributed by atoms with Crippen LogP contribution in [0.25, 0.3) is 11.2 Å². The fourth-order valence-corrected chi connectivity index (χ4v) is 4.80. The molecule has 154 valence electrons. The van der Waals surface area contributed by atoms with Gasteiger partial charge in [-0.05, 0) is 30.0 Å². The standard InChI is InChI=1S/C21H23N5O.2ClH/c1-13-5-3-4-6-15(13)19-17-10-22-9-14(17)11-26(19)21(27)16-7-8-23-20-18(16)24-12-25(20)2;;/h3-8,12,14,17,19,22H,9-11H2,1-2H3;2*1H/t14-,17-,19+;;/m0../s1. The van der Waals surface area contributed by atoms with Crippen LogP contribution in [-0.4, -0.2) is 45.0 Å². The zero-order valence-electron chi connectivity index (χ0n) is 16.4. The maximum Gasteiger partial charge on any atom is 0.256 e. The van der Waals surface area contributed by atoms with E-state index in [0.29, 0.717) is 22.9 Å². The third kappa shape index (κ3) is 3.39. The van der Waals surface area contributed by atoms with E-state index in [9.17, 15) is 4.79 Å². The van der Waals surface area contributed by atoms with Crippen molar-refractivity contribution in [3.05, 3.63) is 59.5 Å². The van der Waals surface area contributed by atoms with E-state index in [-0.39, 0.29) is 36.8 Å². The third-order valence-corrected chi connectivity index (χ3v) is 6.16. The number of imidazole rings is 1. The number of carbonyl (C=O) groups is 1. The Balaban J connectivity index is 0.00000120. The molecule has 3 atom stereocenters. The Morgan fingerprint density at radius 1 is 1.14 bits per heavy atom. The van der Waals surface area contributed by atoms with Crippen molar-refractivity contribution in [2.24, 2.45) is 18.9 Å². The van der Waals surface area contributed by atoms with Gasteiger partial charge in [0.25, 0.3) is 5.91 Å². The molecule has 2 aliphatic rings. The van der Waals surface area contributed by atoms with Crippen LogP contribution in [-0.2, 0) is 7.05 Å². The number of nitrogens with one attached hydrogen (secondary N) is 1. The normalized spacial score (nSPS) is 22.8. The van der Waals surface area contributed by atoms with E-state index in [1.54, 1.807) is 18.6 Å². The fourth-order valence-electron chi connectivity index (χ4n) is 4.80. The highest BCUT2D eigenvalue weighted by Crippen LogP contribution is 2.44. The summed E-state index contributed by atoms with van der Waals surface area (Å²) in [5, 5.41) is 3.51. The Hall–Kier alpha value is -2.15. The van der Waals surface area contributed by atoms with Crippen molar-refractivity contribution in [3.63, 3.8) is 0 Å². The number of pyridine rings is 1. The summed E-state index contributed by atoms with van der Waals surface area (Å²) in [7, 11) is 1.90. The number of benzene rings is 1. The first-order valence-corrected chi connectivity index (χ1v) is 9.48. The summed E-state index contributed by atoms with van der Waals surface area (Å²) in [5.41, 5.74) is 4.57. The molecule has 0 radical (unpaired) electrons. The number of aryl methyl sites for hydroxylation is 2. The van der Waals surface area contributed by atoms with Crippen LogP contribution in [0.15, 0.2) is 42.9 Å². The van der Waals surface area contributed by atoms with Crippen LogP contribution in [0.1, 0.15) is 27.5 Å². The lowest BCUT2D eigenvalue weighted by molar-refractivity contribution is 0.0715. The van der Waals surface area contributed by atoms with Gasteiger partial charge < -0.3 is 14.8 Å². The summed E-state index contributed by atoms with van der Waals surface area (Å²) in [6.07, 6.45) is 3.42. The molecule has 2 saturated heterocycles. The number of likely N-dealkylation sites (tertiary alicyclic amines) is 1. The minimum atomic E-state index is 0. The van der Waals surface area contributed by atoms with Crippen LogP contribution in [0.5, 0.6) is 0 Å². The van der Waals surface area contributed by atoms with E-state index in [1.165, 1.54) is 11.1 Å². The highest BCUT2D eigenvalue weighted by Gasteiger charge is 2.47. The van der Waals surface area contributed by atoms with E-state index in [2.05, 4.69) is 51.4 Å². The average molecular weight is 434 g/mol. The van der Waals surface area contributed by atoms with E-state index in [4.69, 9.17) is 0 Å². The lowest BCUT2D eigenvalue weighted by Crippen LogP contribution is -2.35. The SMILES string of the molecule is Cc1ccccc1[C@@H]1[C@H]2CNC[C@H]2CN1C(=O)c1ccnc2c1ncn2C.Cl.Cl. The van der Waals surface area contributed by atoms with Crippen LogP contribution in [0.2, 0.25) is 0 Å². The molecule has 1 amide bonds. The molecule has 0 saturated carbocycles. The maximum absolute atomic E-state index is 13.6. The zero-order valence-corrected chi connectivity index (χ0v) is 18.0. The first kappa shape index (κ1) is 21.6. The second-order valence-corrected chi connectivity index (χ2v) is 7.73. The van der Waals surface area contributed by atoms with Gasteiger partial charge in [0.1, 0.15) is 5.52 Å². The van der Waals surface area contributed by atoms with Gasteiger partial charge in [0, 0.05) is 38.8 Å². The number of fused-ring (bicyclic) bond motifs is 2. The molecular weight excluding hydrogens is 409 g/mol. The Labute approximate surface area is 182 Å². The number of aromatic nitrogens is 3. The fraction of sp³-hybridized carbons (Fsp3) is 0.381. The van der Waals surface area contributed by atoms with Gasteiger partial charge in [0.05, 0.1) is 17.9 Å². The Kier molecular flexibility index (Phi) is 6.17. The number of rotatable bonds is 2. The first-order chi connectivity index (χ1) is 13.1. The molecule has 2 fully saturated rings. The van der Waals surface area contributed by atoms with Crippen molar-refractivity contribution in [2.75, 3.05) is 19.6 Å². The van der Waals surface area contributed by atoms with Gasteiger partial charge in [0.2, 0.25) is 0 Å². The highest BCUT2D eigenvalue weighted by atomic mass is 35.5. The molecule has 2 aromatic heterocycles. The van der Waals surface area contributed by atoms with Crippen molar-refractivity contribution >= 4 is 41.9 Å². The summed E-state index contributed by atoms with van der Waals surface area (Å²) in [6, 6.07) is 10.3. The largest absolute Gasteiger partial charge is 0.331 e. The minimum Gasteiger partial charge on any atom is -0.331 e. The quantitative estimate of drug-likeness (QED) is 0.673. The van der Waals surface area contributed by atoms with Crippen LogP contribution in [0.4, 0.5) is 0 Å². The Bertz CT molecular complexity index is 1040. The van der Waals surface area contributed by atoms with Gasteiger partial charge >= 0.3 is 0 Å². The van der Waals surface area contributed by atoms with E-state index in [1.807, 2.05) is 11.6 Å². The number of hydrogen-bond donors (Lipinski definition) is 1. The number of hydrogen-bond acceptors (Lipinski definition) is 4. The lowest BCUT2D eigenvalue weighted by atomic mass is 9.87. The summed E-state index contributed by atoms with van der Waals surface area (Å²) in [6.45, 7) is 4.86. The Morgan fingerprint density at radius 3 is 2.72 bits per heavy atom. The van der Waals surface area contributed by atoms with Crippen molar-refractivity contribution in [3.8, 4) is 0 Å². The van der Waals surface area contributed by atoms with E-state index in [0.717, 1.165) is 25.3 Å². The summed E-state index contributed by atoms with van der Waals surface area (Å²) in [5.74, 6) is 1.01. The number of nitrogens with zero attached hydrogens (tertiary/aromatic N) is 4. The van der Waals surface area contributed by atoms with Gasteiger partial charge in [-0.2, -0.15) is 0 Å². The molecule has 0 aliphatic carbocycles. The van der Waals surface area contributed by atoms with Gasteiger partial charge in [-0.15, -0.1) is 24.8 Å². The molecule has 29 heavy (non-hydrogen) atoms. The minimum absolute atomic E-state index is 0. The van der Waals surface area contributed by atoms with Crippen molar-refractivity contribution < 1.29 is 4.79 Å². The highest BCUT2D eigenvalue weighted by molar-refractivity contribution is 6.04. The van der Waals surface area contributed by atoms with E-state index < -0.39 is 0 Å². The van der Waals surface area contributed by atoms with Crippen molar-refractivity contribution in [1.82, 2.24) is 24.8 Å². The van der Waals surface area contributed by atoms with Crippen molar-refractivity contribution in [1.29, 1.82) is 0 Å². The van der Waals surface area contributed by atoms with Crippen LogP contribution in [0.3, 0.4) is 0 Å². The molecule has 0 spiro atoms. The van der Waals surface area contributed by atoms with Crippen molar-refractivity contribution in [2.45, 2.75) is 13.0 Å². The molecule has 3 aromatic rings. The molecule has 8 heteroatoms. The van der Waals surface area contributed by atoms with E-state index >= 15 is 0 Å². The van der Waals surface area contributed by atoms with Gasteiger partial charge in [0.15, 0.2) is 5.65 Å². The molecular formula is C21H25Cl2N5O. The van der Waals surface area contributed by atoms with Gasteiger partial charge in [-0.1, -0.05) is 24.3 Å². The van der Waals surface area contributed by atoms with Crippen LogP contribution < -0.4 is 5.32 Å². The third-order valence-electron chi connectivity index (χ3n) is 6.16. The molecule has 0 bridgehead atoms. The Morgan fingerprint density at radius 2 is 1.93 bits per heavy atom. The number of amides is 1. The molecule has 1 N–H and O–H groups in total. The van der Waals surface area contributed by atoms with Crippen LogP contribution >= 0.6 is 24.8 Å². The molecule has 5 rings (SSSR count). The summed E-state index contributed by atoms with van der Waals surface area (Å²) >= 11 is 0. The van der Waals surface area contributed by atoms with Crippen LogP contribution in [0, 0.1) is 18.8 Å². The predicted octanol–water partition coefficient (Wildman–Crippen LogP) is 3.15. The van der Waals surface area contributed by atoms with Gasteiger partial charge in [-0.3, -0.25) is 4.79 Å². The predicted molar refractivity (Wildman–Crippen MR) is 118 cm³/mol. The smallest absolute Gasteiger partial charge is 0.256 e. The number of halogens is 2. The second kappa shape index (κ2) is 8.30. The summed E-state index contributed by atoms with van der Waals surface area (Å²) in [4.78, 5) is 24.5. The zero-order chi connectivity index (χ0) is 18.5. The lowest BCUT2D eigenvalue weighted by Gasteiger charge is -2.29. The second-order valence-electron chi connectivity index (χ2n) is 7.73. The first-order valence-electron chi connectivity index (χ1n) is 9.48. The molecule has 6 nitrogen and oxygen atoms in total. The number of carbonyl (C=O) groups excluding carboxylic acids is 1. The monoisotopic (exact) mass is 433 g/mol. The molecule has 4 heterocycles. The topological polar surface area (TPSA) is 63.1 Å². The molecule has 1 aromatic carbocycles. The molecule has 2 aliphatic heterocycles. The maximum atomic E-state index is 13.6. The molecule has 0 unspecified atom stereocenters. The summed E-state index contributed by atoms with van der Waals surface area (Å²) < 4.78 is 1.85. The average Bonchev–Trinajstić information content (AvgIpc) is 3.36. The van der Waals surface area contributed by atoms with Gasteiger partial charge in [-0.25, -0.2) is 9.97 Å².